The number of aryl methyl sites for hydroxylation is 1. The first-order valence-electron chi connectivity index (χ1n) is 8.14. The van der Waals surface area contributed by atoms with Crippen molar-refractivity contribution in [2.75, 3.05) is 14.2 Å². The van der Waals surface area contributed by atoms with Crippen LogP contribution in [-0.2, 0) is 20.2 Å². The van der Waals surface area contributed by atoms with Crippen LogP contribution in [0, 0.1) is 0 Å². The summed E-state index contributed by atoms with van der Waals surface area (Å²) in [6.45, 7) is 0.639. The number of furan rings is 1. The summed E-state index contributed by atoms with van der Waals surface area (Å²) in [5.74, 6) is 2.02. The molecule has 3 aromatic rings. The largest absolute Gasteiger partial charge is 0.497 e. The lowest BCUT2D eigenvalue weighted by Gasteiger charge is -2.14. The highest BCUT2D eigenvalue weighted by molar-refractivity contribution is 5.91. The molecule has 0 aliphatic heterocycles. The van der Waals surface area contributed by atoms with Gasteiger partial charge in [0.2, 0.25) is 0 Å². The molecule has 0 N–H and O–H groups in total. The first kappa shape index (κ1) is 17.6. The Kier molecular flexibility index (Phi) is 5.26. The smallest absolute Gasteiger partial charge is 0.289 e. The molecule has 0 bridgehead atoms. The van der Waals surface area contributed by atoms with E-state index in [1.54, 1.807) is 41.9 Å². The van der Waals surface area contributed by atoms with Crippen LogP contribution in [0.2, 0.25) is 0 Å². The van der Waals surface area contributed by atoms with Gasteiger partial charge in [-0.25, -0.2) is 0 Å². The van der Waals surface area contributed by atoms with Gasteiger partial charge in [-0.2, -0.15) is 5.10 Å². The molecule has 0 aliphatic carbocycles. The van der Waals surface area contributed by atoms with Crippen LogP contribution in [0.1, 0.15) is 22.0 Å². The van der Waals surface area contributed by atoms with E-state index >= 15 is 0 Å². The van der Waals surface area contributed by atoms with E-state index in [0.29, 0.717) is 23.8 Å². The summed E-state index contributed by atoms with van der Waals surface area (Å²) in [5.41, 5.74) is 0.816. The zero-order chi connectivity index (χ0) is 18.5. The average molecular weight is 355 g/mol. The second-order valence-corrected chi connectivity index (χ2v) is 5.88. The zero-order valence-electron chi connectivity index (χ0n) is 15.0. The van der Waals surface area contributed by atoms with Crippen molar-refractivity contribution >= 4 is 5.91 Å². The Morgan fingerprint density at radius 2 is 2.04 bits per heavy atom. The minimum atomic E-state index is -0.205. The van der Waals surface area contributed by atoms with Gasteiger partial charge in [-0.1, -0.05) is 6.07 Å². The summed E-state index contributed by atoms with van der Waals surface area (Å²) < 4.78 is 18.2. The van der Waals surface area contributed by atoms with Crippen LogP contribution < -0.4 is 9.47 Å². The summed E-state index contributed by atoms with van der Waals surface area (Å²) in [4.78, 5) is 14.0. The maximum absolute atomic E-state index is 12.5. The number of rotatable bonds is 7. The molecule has 0 atom stereocenters. The Bertz CT molecular complexity index is 884. The van der Waals surface area contributed by atoms with E-state index in [9.17, 15) is 4.79 Å². The molecule has 0 spiro atoms. The summed E-state index contributed by atoms with van der Waals surface area (Å²) in [6.07, 6.45) is 1.84. The molecule has 0 unspecified atom stereocenters. The summed E-state index contributed by atoms with van der Waals surface area (Å²) in [6, 6.07) is 12.6. The van der Waals surface area contributed by atoms with E-state index in [1.807, 2.05) is 37.5 Å². The van der Waals surface area contributed by atoms with Crippen molar-refractivity contribution in [2.45, 2.75) is 13.2 Å². The molecule has 7 heteroatoms. The Balaban J connectivity index is 1.58. The number of benzene rings is 1. The first-order valence-corrected chi connectivity index (χ1v) is 8.14. The average Bonchev–Trinajstić information content (AvgIpc) is 3.28. The van der Waals surface area contributed by atoms with Gasteiger partial charge in [-0.15, -0.1) is 0 Å². The van der Waals surface area contributed by atoms with Crippen LogP contribution in [-0.4, -0.2) is 34.7 Å². The highest BCUT2D eigenvalue weighted by Gasteiger charge is 2.17. The zero-order valence-corrected chi connectivity index (χ0v) is 15.0. The Morgan fingerprint density at radius 3 is 2.77 bits per heavy atom. The topological polar surface area (TPSA) is 69.7 Å². The van der Waals surface area contributed by atoms with Gasteiger partial charge < -0.3 is 18.8 Å². The van der Waals surface area contributed by atoms with Crippen LogP contribution in [0.3, 0.4) is 0 Å². The van der Waals surface area contributed by atoms with Gasteiger partial charge in [0, 0.05) is 26.4 Å². The number of ether oxygens (including phenoxy) is 2. The van der Waals surface area contributed by atoms with Gasteiger partial charge in [0.25, 0.3) is 5.91 Å². The third-order valence-electron chi connectivity index (χ3n) is 3.81. The molecule has 3 rings (SSSR count). The number of carbonyl (C=O) groups is 1. The van der Waals surface area contributed by atoms with Crippen molar-refractivity contribution in [3.05, 3.63) is 65.9 Å². The molecule has 1 amide bonds. The van der Waals surface area contributed by atoms with Crippen molar-refractivity contribution in [3.8, 4) is 11.5 Å². The fraction of sp³-hybridized carbons (Fsp3) is 0.263. The number of methoxy groups -OCH3 is 1. The molecule has 0 aliphatic rings. The number of hydrogen-bond acceptors (Lipinski definition) is 5. The Hall–Kier alpha value is -3.22. The van der Waals surface area contributed by atoms with Crippen LogP contribution in [0.4, 0.5) is 0 Å². The van der Waals surface area contributed by atoms with Crippen LogP contribution in [0.15, 0.2) is 53.1 Å². The molecule has 136 valence electrons. The lowest BCUT2D eigenvalue weighted by molar-refractivity contribution is 0.0747. The number of nitrogens with zero attached hydrogens (tertiary/aromatic N) is 3. The SMILES string of the molecule is COc1cccc(OCc2ccc(C(=O)N(C)Cc3ccn(C)n3)o2)c1. The summed E-state index contributed by atoms with van der Waals surface area (Å²) >= 11 is 0. The van der Waals surface area contributed by atoms with Gasteiger partial charge in [-0.05, 0) is 30.3 Å². The molecular formula is C19H21N3O4. The number of hydrogen-bond donors (Lipinski definition) is 0. The Labute approximate surface area is 151 Å². The Morgan fingerprint density at radius 1 is 1.23 bits per heavy atom. The maximum atomic E-state index is 12.5. The molecule has 2 heterocycles. The van der Waals surface area contributed by atoms with E-state index in [1.165, 1.54) is 0 Å². The van der Waals surface area contributed by atoms with E-state index in [2.05, 4.69) is 5.10 Å². The van der Waals surface area contributed by atoms with E-state index in [0.717, 1.165) is 5.69 Å². The second-order valence-electron chi connectivity index (χ2n) is 5.88. The molecule has 26 heavy (non-hydrogen) atoms. The van der Waals surface area contributed by atoms with Gasteiger partial charge >= 0.3 is 0 Å². The van der Waals surface area contributed by atoms with Gasteiger partial charge in [0.1, 0.15) is 23.9 Å². The normalized spacial score (nSPS) is 10.6. The van der Waals surface area contributed by atoms with Crippen LogP contribution in [0.25, 0.3) is 0 Å². The predicted octanol–water partition coefficient (Wildman–Crippen LogP) is 2.87. The molecule has 0 fully saturated rings. The molecule has 0 radical (unpaired) electrons. The lowest BCUT2D eigenvalue weighted by Crippen LogP contribution is -2.26. The van der Waals surface area contributed by atoms with Gasteiger partial charge in [-0.3, -0.25) is 9.48 Å². The number of amides is 1. The van der Waals surface area contributed by atoms with E-state index in [-0.39, 0.29) is 18.3 Å². The highest BCUT2D eigenvalue weighted by Crippen LogP contribution is 2.20. The molecule has 1 aromatic carbocycles. The van der Waals surface area contributed by atoms with Crippen molar-refractivity contribution in [2.24, 2.45) is 7.05 Å². The molecule has 2 aromatic heterocycles. The van der Waals surface area contributed by atoms with Crippen molar-refractivity contribution in [1.82, 2.24) is 14.7 Å². The standard InChI is InChI=1S/C19H21N3O4/c1-21(12-14-9-10-22(2)20-14)19(23)18-8-7-17(26-18)13-25-16-6-4-5-15(11-16)24-3/h4-11H,12-13H2,1-3H3. The quantitative estimate of drug-likeness (QED) is 0.652. The second kappa shape index (κ2) is 7.77. The number of aromatic nitrogens is 2. The third-order valence-corrected chi connectivity index (χ3v) is 3.81. The molecule has 0 saturated carbocycles. The van der Waals surface area contributed by atoms with Crippen LogP contribution in [0.5, 0.6) is 11.5 Å². The molecule has 7 nitrogen and oxygen atoms in total. The highest BCUT2D eigenvalue weighted by atomic mass is 16.5. The fourth-order valence-corrected chi connectivity index (χ4v) is 2.47. The minimum absolute atomic E-state index is 0.205. The molecular weight excluding hydrogens is 334 g/mol. The fourth-order valence-electron chi connectivity index (χ4n) is 2.47. The summed E-state index contributed by atoms with van der Waals surface area (Å²) in [7, 11) is 5.16. The van der Waals surface area contributed by atoms with Crippen molar-refractivity contribution in [1.29, 1.82) is 0 Å². The predicted molar refractivity (Wildman–Crippen MR) is 95.0 cm³/mol. The van der Waals surface area contributed by atoms with Gasteiger partial charge in [0.05, 0.1) is 19.3 Å². The first-order chi connectivity index (χ1) is 12.5. The third kappa shape index (κ3) is 4.24. The minimum Gasteiger partial charge on any atom is -0.497 e. The summed E-state index contributed by atoms with van der Waals surface area (Å²) in [5, 5.41) is 4.27. The lowest BCUT2D eigenvalue weighted by atomic mass is 10.3. The van der Waals surface area contributed by atoms with Crippen molar-refractivity contribution < 1.29 is 18.7 Å². The number of carbonyl (C=O) groups excluding carboxylic acids is 1. The van der Waals surface area contributed by atoms with Crippen molar-refractivity contribution in [3.63, 3.8) is 0 Å². The van der Waals surface area contributed by atoms with E-state index < -0.39 is 0 Å². The molecule has 0 saturated heterocycles. The van der Waals surface area contributed by atoms with E-state index in [4.69, 9.17) is 13.9 Å². The monoisotopic (exact) mass is 355 g/mol. The van der Waals surface area contributed by atoms with Crippen LogP contribution >= 0.6 is 0 Å². The maximum Gasteiger partial charge on any atom is 0.289 e. The van der Waals surface area contributed by atoms with Gasteiger partial charge in [0.15, 0.2) is 5.76 Å².